The normalized spacial score (nSPS) is 10.2. The van der Waals surface area contributed by atoms with Crippen molar-refractivity contribution in [1.29, 1.82) is 0 Å². The van der Waals surface area contributed by atoms with E-state index < -0.39 is 0 Å². The molecule has 0 saturated carbocycles. The summed E-state index contributed by atoms with van der Waals surface area (Å²) in [5.41, 5.74) is 7.23. The number of benzene rings is 1. The fraction of sp³-hybridized carbons (Fsp3) is 0.455. The van der Waals surface area contributed by atoms with Gasteiger partial charge in [0.2, 0.25) is 0 Å². The summed E-state index contributed by atoms with van der Waals surface area (Å²) in [5.74, 6) is -0.233. The smallest absolute Gasteiger partial charge is 0.125 e. The van der Waals surface area contributed by atoms with Crippen molar-refractivity contribution in [2.24, 2.45) is 0 Å². The van der Waals surface area contributed by atoms with Crippen LogP contribution in [0.25, 0.3) is 0 Å². The number of anilines is 2. The molecule has 78 valence electrons. The Morgan fingerprint density at radius 1 is 1.36 bits per heavy atom. The van der Waals surface area contributed by atoms with E-state index in [0.29, 0.717) is 5.69 Å². The first-order valence-corrected chi connectivity index (χ1v) is 4.99. The Balaban J connectivity index is 2.96. The Morgan fingerprint density at radius 3 is 2.64 bits per heavy atom. The number of nitrogen functional groups attached to an aromatic ring is 1. The highest BCUT2D eigenvalue weighted by Gasteiger charge is 2.07. The number of halogens is 1. The van der Waals surface area contributed by atoms with E-state index in [9.17, 15) is 4.39 Å². The molecule has 2 nitrogen and oxygen atoms in total. The van der Waals surface area contributed by atoms with Gasteiger partial charge >= 0.3 is 0 Å². The predicted molar refractivity (Wildman–Crippen MR) is 59.0 cm³/mol. The van der Waals surface area contributed by atoms with Crippen molar-refractivity contribution in [1.82, 2.24) is 0 Å². The second kappa shape index (κ2) is 4.84. The van der Waals surface area contributed by atoms with Gasteiger partial charge in [-0.05, 0) is 31.5 Å². The average Bonchev–Trinajstić information content (AvgIpc) is 2.18. The van der Waals surface area contributed by atoms with Crippen molar-refractivity contribution >= 4 is 11.4 Å². The van der Waals surface area contributed by atoms with Gasteiger partial charge in [0.25, 0.3) is 0 Å². The molecule has 0 spiro atoms. The van der Waals surface area contributed by atoms with Gasteiger partial charge < -0.3 is 10.6 Å². The molecule has 0 atom stereocenters. The monoisotopic (exact) mass is 196 g/mol. The van der Waals surface area contributed by atoms with E-state index in [4.69, 9.17) is 5.73 Å². The molecule has 0 radical (unpaired) electrons. The fourth-order valence-corrected chi connectivity index (χ4v) is 1.51. The molecule has 0 aliphatic rings. The minimum atomic E-state index is -0.233. The first-order valence-electron chi connectivity index (χ1n) is 4.99. The maximum Gasteiger partial charge on any atom is 0.125 e. The molecule has 0 aliphatic heterocycles. The van der Waals surface area contributed by atoms with Gasteiger partial charge in [-0.1, -0.05) is 6.92 Å². The van der Waals surface area contributed by atoms with Crippen molar-refractivity contribution in [2.75, 3.05) is 23.7 Å². The topological polar surface area (TPSA) is 29.3 Å². The maximum atomic E-state index is 13.0. The molecule has 0 amide bonds. The van der Waals surface area contributed by atoms with Crippen molar-refractivity contribution in [2.45, 2.75) is 20.3 Å². The number of hydrogen-bond acceptors (Lipinski definition) is 2. The molecular weight excluding hydrogens is 179 g/mol. The lowest BCUT2D eigenvalue weighted by atomic mass is 10.2. The summed E-state index contributed by atoms with van der Waals surface area (Å²) in [7, 11) is 0. The van der Waals surface area contributed by atoms with Gasteiger partial charge in [0.1, 0.15) is 5.82 Å². The van der Waals surface area contributed by atoms with Gasteiger partial charge in [0, 0.05) is 13.1 Å². The van der Waals surface area contributed by atoms with Gasteiger partial charge in [-0.2, -0.15) is 0 Å². The van der Waals surface area contributed by atoms with Crippen LogP contribution in [0.15, 0.2) is 18.2 Å². The van der Waals surface area contributed by atoms with Crippen LogP contribution in [0.3, 0.4) is 0 Å². The van der Waals surface area contributed by atoms with Crippen LogP contribution in [-0.2, 0) is 0 Å². The Labute approximate surface area is 84.5 Å². The lowest BCUT2D eigenvalue weighted by Gasteiger charge is -2.23. The predicted octanol–water partition coefficient (Wildman–Crippen LogP) is 2.64. The summed E-state index contributed by atoms with van der Waals surface area (Å²) in [6.07, 6.45) is 1.03. The van der Waals surface area contributed by atoms with E-state index >= 15 is 0 Å². The highest BCUT2D eigenvalue weighted by Crippen LogP contribution is 2.23. The minimum absolute atomic E-state index is 0.233. The lowest BCUT2D eigenvalue weighted by Crippen LogP contribution is -2.24. The van der Waals surface area contributed by atoms with Crippen molar-refractivity contribution in [3.05, 3.63) is 24.0 Å². The van der Waals surface area contributed by atoms with Gasteiger partial charge in [-0.3, -0.25) is 0 Å². The molecule has 1 aromatic carbocycles. The third kappa shape index (κ3) is 2.37. The first kappa shape index (κ1) is 10.8. The Kier molecular flexibility index (Phi) is 3.74. The van der Waals surface area contributed by atoms with E-state index in [2.05, 4.69) is 11.8 Å². The molecule has 1 aromatic rings. The van der Waals surface area contributed by atoms with E-state index in [1.807, 2.05) is 6.92 Å². The van der Waals surface area contributed by atoms with Gasteiger partial charge in [0.05, 0.1) is 11.4 Å². The number of nitrogens with zero attached hydrogens (tertiary/aromatic N) is 1. The first-order chi connectivity index (χ1) is 6.69. The van der Waals surface area contributed by atoms with Gasteiger partial charge in [-0.15, -0.1) is 0 Å². The number of hydrogen-bond donors (Lipinski definition) is 1. The van der Waals surface area contributed by atoms with Gasteiger partial charge in [-0.25, -0.2) is 4.39 Å². The molecule has 0 bridgehead atoms. The van der Waals surface area contributed by atoms with E-state index in [-0.39, 0.29) is 5.82 Å². The molecule has 0 unspecified atom stereocenters. The molecule has 0 fully saturated rings. The Morgan fingerprint density at radius 2 is 2.07 bits per heavy atom. The Bertz CT molecular complexity index is 299. The van der Waals surface area contributed by atoms with Crippen LogP contribution in [0.2, 0.25) is 0 Å². The van der Waals surface area contributed by atoms with Gasteiger partial charge in [0.15, 0.2) is 0 Å². The molecule has 0 saturated heterocycles. The molecule has 2 N–H and O–H groups in total. The van der Waals surface area contributed by atoms with Crippen molar-refractivity contribution in [3.8, 4) is 0 Å². The van der Waals surface area contributed by atoms with Crippen LogP contribution in [0.5, 0.6) is 0 Å². The third-order valence-electron chi connectivity index (χ3n) is 2.21. The number of rotatable bonds is 4. The Hall–Kier alpha value is -1.25. The van der Waals surface area contributed by atoms with Crippen LogP contribution in [0.4, 0.5) is 15.8 Å². The average molecular weight is 196 g/mol. The van der Waals surface area contributed by atoms with E-state index in [0.717, 1.165) is 25.2 Å². The molecule has 0 aromatic heterocycles. The zero-order valence-corrected chi connectivity index (χ0v) is 8.76. The summed E-state index contributed by atoms with van der Waals surface area (Å²) in [5, 5.41) is 0. The summed E-state index contributed by atoms with van der Waals surface area (Å²) < 4.78 is 13.0. The fourth-order valence-electron chi connectivity index (χ4n) is 1.51. The SMILES string of the molecule is CCCN(CC)c1cc(F)ccc1N. The second-order valence-corrected chi connectivity index (χ2v) is 3.28. The highest BCUT2D eigenvalue weighted by molar-refractivity contribution is 5.67. The second-order valence-electron chi connectivity index (χ2n) is 3.28. The summed E-state index contributed by atoms with van der Waals surface area (Å²) >= 11 is 0. The highest BCUT2D eigenvalue weighted by atomic mass is 19.1. The van der Waals surface area contributed by atoms with Crippen LogP contribution >= 0.6 is 0 Å². The quantitative estimate of drug-likeness (QED) is 0.750. The summed E-state index contributed by atoms with van der Waals surface area (Å²) in [6.45, 7) is 5.89. The zero-order chi connectivity index (χ0) is 10.6. The van der Waals surface area contributed by atoms with Crippen LogP contribution < -0.4 is 10.6 Å². The summed E-state index contributed by atoms with van der Waals surface area (Å²) in [4.78, 5) is 2.08. The molecule has 0 heterocycles. The van der Waals surface area contributed by atoms with Crippen LogP contribution in [0, 0.1) is 5.82 Å². The van der Waals surface area contributed by atoms with Crippen LogP contribution in [0.1, 0.15) is 20.3 Å². The zero-order valence-electron chi connectivity index (χ0n) is 8.76. The van der Waals surface area contributed by atoms with Crippen molar-refractivity contribution in [3.63, 3.8) is 0 Å². The molecule has 1 rings (SSSR count). The molecule has 0 aliphatic carbocycles. The largest absolute Gasteiger partial charge is 0.397 e. The molecular formula is C11H17FN2. The van der Waals surface area contributed by atoms with Crippen LogP contribution in [-0.4, -0.2) is 13.1 Å². The lowest BCUT2D eigenvalue weighted by molar-refractivity contribution is 0.626. The standard InChI is InChI=1S/C11H17FN2/c1-3-7-14(4-2)11-8-9(12)5-6-10(11)13/h5-6,8H,3-4,7,13H2,1-2H3. The van der Waals surface area contributed by atoms with Crippen molar-refractivity contribution < 1.29 is 4.39 Å². The third-order valence-corrected chi connectivity index (χ3v) is 2.21. The number of nitrogens with two attached hydrogens (primary N) is 1. The molecule has 14 heavy (non-hydrogen) atoms. The minimum Gasteiger partial charge on any atom is -0.397 e. The molecule has 3 heteroatoms. The summed E-state index contributed by atoms with van der Waals surface area (Å²) in [6, 6.07) is 4.50. The van der Waals surface area contributed by atoms with E-state index in [1.165, 1.54) is 12.1 Å². The maximum absolute atomic E-state index is 13.0. The van der Waals surface area contributed by atoms with E-state index in [1.54, 1.807) is 6.07 Å².